The number of ether oxygens (including phenoxy) is 1. The van der Waals surface area contributed by atoms with Crippen LogP contribution in [0.5, 0.6) is 5.75 Å². The second-order valence-corrected chi connectivity index (χ2v) is 3.99. The zero-order valence-electron chi connectivity index (χ0n) is 9.08. The van der Waals surface area contributed by atoms with E-state index in [2.05, 4.69) is 20.5 Å². The van der Waals surface area contributed by atoms with Gasteiger partial charge in [-0.15, -0.1) is 10.2 Å². The standard InChI is InChI=1S/C10H10N4O2S/c1-16-8-3-2-7(11-5-8)4-9(15)13-10-14-12-6-17-10/h2-3,5-6H,4H2,1H3,(H,13,14,15). The zero-order chi connectivity index (χ0) is 12.1. The molecule has 0 saturated carbocycles. The number of carbonyl (C=O) groups excluding carboxylic acids is 1. The molecule has 0 aliphatic heterocycles. The van der Waals surface area contributed by atoms with E-state index >= 15 is 0 Å². The molecule has 0 spiro atoms. The van der Waals surface area contributed by atoms with Crippen molar-refractivity contribution >= 4 is 22.4 Å². The third-order valence-corrected chi connectivity index (χ3v) is 2.59. The van der Waals surface area contributed by atoms with Gasteiger partial charge in [0.2, 0.25) is 11.0 Å². The lowest BCUT2D eigenvalue weighted by Gasteiger charge is -2.02. The zero-order valence-corrected chi connectivity index (χ0v) is 9.90. The smallest absolute Gasteiger partial charge is 0.232 e. The number of hydrogen-bond donors (Lipinski definition) is 1. The van der Waals surface area contributed by atoms with Crippen molar-refractivity contribution in [3.8, 4) is 5.75 Å². The Morgan fingerprint density at radius 1 is 1.53 bits per heavy atom. The van der Waals surface area contributed by atoms with Gasteiger partial charge in [0, 0.05) is 5.69 Å². The Balaban J connectivity index is 1.93. The molecular formula is C10H10N4O2S. The molecule has 0 aromatic carbocycles. The lowest BCUT2D eigenvalue weighted by Crippen LogP contribution is -2.14. The van der Waals surface area contributed by atoms with E-state index in [0.29, 0.717) is 16.6 Å². The summed E-state index contributed by atoms with van der Waals surface area (Å²) in [6, 6.07) is 3.51. The Morgan fingerprint density at radius 3 is 3.00 bits per heavy atom. The van der Waals surface area contributed by atoms with Crippen LogP contribution in [-0.4, -0.2) is 28.2 Å². The number of anilines is 1. The highest BCUT2D eigenvalue weighted by molar-refractivity contribution is 7.13. The highest BCUT2D eigenvalue weighted by atomic mass is 32.1. The number of hydrogen-bond acceptors (Lipinski definition) is 6. The summed E-state index contributed by atoms with van der Waals surface area (Å²) in [5.74, 6) is 0.498. The van der Waals surface area contributed by atoms with Crippen molar-refractivity contribution in [2.24, 2.45) is 0 Å². The van der Waals surface area contributed by atoms with Gasteiger partial charge in [-0.2, -0.15) is 0 Å². The minimum Gasteiger partial charge on any atom is -0.495 e. The van der Waals surface area contributed by atoms with E-state index in [0.717, 1.165) is 0 Å². The number of nitrogens with zero attached hydrogens (tertiary/aromatic N) is 3. The highest BCUT2D eigenvalue weighted by Crippen LogP contribution is 2.10. The van der Waals surface area contributed by atoms with E-state index in [1.807, 2.05) is 0 Å². The van der Waals surface area contributed by atoms with Crippen LogP contribution in [-0.2, 0) is 11.2 Å². The quantitative estimate of drug-likeness (QED) is 0.880. The molecule has 0 saturated heterocycles. The molecule has 2 rings (SSSR count). The first-order valence-electron chi connectivity index (χ1n) is 4.83. The largest absolute Gasteiger partial charge is 0.495 e. The van der Waals surface area contributed by atoms with Gasteiger partial charge in [0.1, 0.15) is 11.3 Å². The number of pyridine rings is 1. The molecular weight excluding hydrogens is 240 g/mol. The lowest BCUT2D eigenvalue weighted by atomic mass is 10.2. The maximum atomic E-state index is 11.6. The lowest BCUT2D eigenvalue weighted by molar-refractivity contribution is -0.115. The monoisotopic (exact) mass is 250 g/mol. The minimum atomic E-state index is -0.167. The van der Waals surface area contributed by atoms with Crippen molar-refractivity contribution in [1.29, 1.82) is 0 Å². The predicted octanol–water partition coefficient (Wildman–Crippen LogP) is 1.12. The molecule has 0 radical (unpaired) electrons. The van der Waals surface area contributed by atoms with Crippen molar-refractivity contribution in [2.75, 3.05) is 12.4 Å². The van der Waals surface area contributed by atoms with Crippen LogP contribution >= 0.6 is 11.3 Å². The highest BCUT2D eigenvalue weighted by Gasteiger charge is 2.07. The number of nitrogens with one attached hydrogen (secondary N) is 1. The van der Waals surface area contributed by atoms with E-state index in [9.17, 15) is 4.79 Å². The molecule has 1 amide bonds. The van der Waals surface area contributed by atoms with Crippen LogP contribution in [0.15, 0.2) is 23.8 Å². The van der Waals surface area contributed by atoms with Gasteiger partial charge in [-0.3, -0.25) is 9.78 Å². The summed E-state index contributed by atoms with van der Waals surface area (Å²) in [4.78, 5) is 15.7. The van der Waals surface area contributed by atoms with E-state index in [1.165, 1.54) is 11.3 Å². The molecule has 2 aromatic heterocycles. The average molecular weight is 250 g/mol. The van der Waals surface area contributed by atoms with Crippen molar-refractivity contribution < 1.29 is 9.53 Å². The normalized spacial score (nSPS) is 9.94. The number of rotatable bonds is 4. The van der Waals surface area contributed by atoms with Crippen LogP contribution in [0.2, 0.25) is 0 Å². The van der Waals surface area contributed by atoms with Gasteiger partial charge in [0.25, 0.3) is 0 Å². The van der Waals surface area contributed by atoms with Gasteiger partial charge < -0.3 is 10.1 Å². The SMILES string of the molecule is COc1ccc(CC(=O)Nc2nncs2)nc1. The number of carbonyl (C=O) groups is 1. The first-order valence-corrected chi connectivity index (χ1v) is 5.71. The van der Waals surface area contributed by atoms with Crippen molar-refractivity contribution in [1.82, 2.24) is 15.2 Å². The molecule has 2 aromatic rings. The van der Waals surface area contributed by atoms with E-state index in [4.69, 9.17) is 4.74 Å². The third kappa shape index (κ3) is 3.22. The molecule has 0 aliphatic carbocycles. The van der Waals surface area contributed by atoms with E-state index in [-0.39, 0.29) is 12.3 Å². The maximum Gasteiger partial charge on any atom is 0.232 e. The second kappa shape index (κ2) is 5.35. The first-order chi connectivity index (χ1) is 8.28. The van der Waals surface area contributed by atoms with Crippen LogP contribution < -0.4 is 10.1 Å². The van der Waals surface area contributed by atoms with Crippen LogP contribution in [0.25, 0.3) is 0 Å². The summed E-state index contributed by atoms with van der Waals surface area (Å²) in [5, 5.41) is 10.5. The second-order valence-electron chi connectivity index (χ2n) is 3.16. The third-order valence-electron chi connectivity index (χ3n) is 1.98. The summed E-state index contributed by atoms with van der Waals surface area (Å²) in [6.45, 7) is 0. The molecule has 7 heteroatoms. The topological polar surface area (TPSA) is 77.0 Å². The fourth-order valence-electron chi connectivity index (χ4n) is 1.19. The molecule has 0 atom stereocenters. The Kier molecular flexibility index (Phi) is 3.61. The van der Waals surface area contributed by atoms with E-state index in [1.54, 1.807) is 30.9 Å². The summed E-state index contributed by atoms with van der Waals surface area (Å²) in [6.07, 6.45) is 1.77. The Morgan fingerprint density at radius 2 is 2.41 bits per heavy atom. The van der Waals surface area contributed by atoms with Gasteiger partial charge in [-0.1, -0.05) is 11.3 Å². The summed E-state index contributed by atoms with van der Waals surface area (Å²) in [7, 11) is 1.57. The summed E-state index contributed by atoms with van der Waals surface area (Å²) >= 11 is 1.27. The average Bonchev–Trinajstić information content (AvgIpc) is 2.82. The molecule has 2 heterocycles. The molecule has 17 heavy (non-hydrogen) atoms. The molecule has 1 N–H and O–H groups in total. The van der Waals surface area contributed by atoms with Gasteiger partial charge in [-0.25, -0.2) is 0 Å². The van der Waals surface area contributed by atoms with E-state index < -0.39 is 0 Å². The number of amides is 1. The van der Waals surface area contributed by atoms with Crippen molar-refractivity contribution in [3.63, 3.8) is 0 Å². The van der Waals surface area contributed by atoms with Gasteiger partial charge >= 0.3 is 0 Å². The molecule has 0 aliphatic rings. The minimum absolute atomic E-state index is 0.167. The van der Waals surface area contributed by atoms with Gasteiger partial charge in [0.15, 0.2) is 0 Å². The Labute approximate surface area is 102 Å². The molecule has 6 nitrogen and oxygen atoms in total. The van der Waals surface area contributed by atoms with Crippen LogP contribution in [0.3, 0.4) is 0 Å². The van der Waals surface area contributed by atoms with Gasteiger partial charge in [-0.05, 0) is 12.1 Å². The van der Waals surface area contributed by atoms with Crippen molar-refractivity contribution in [3.05, 3.63) is 29.5 Å². The maximum absolute atomic E-state index is 11.6. The fraction of sp³-hybridized carbons (Fsp3) is 0.200. The number of methoxy groups -OCH3 is 1. The fourth-order valence-corrected chi connectivity index (χ4v) is 1.65. The predicted molar refractivity (Wildman–Crippen MR) is 63.0 cm³/mol. The van der Waals surface area contributed by atoms with Crippen molar-refractivity contribution in [2.45, 2.75) is 6.42 Å². The Bertz CT molecular complexity index is 484. The van der Waals surface area contributed by atoms with Crippen LogP contribution in [0, 0.1) is 0 Å². The molecule has 0 fully saturated rings. The van der Waals surface area contributed by atoms with Crippen LogP contribution in [0.4, 0.5) is 5.13 Å². The van der Waals surface area contributed by atoms with Crippen LogP contribution in [0.1, 0.15) is 5.69 Å². The van der Waals surface area contributed by atoms with Gasteiger partial charge in [0.05, 0.1) is 19.7 Å². The summed E-state index contributed by atoms with van der Waals surface area (Å²) in [5.41, 5.74) is 2.23. The molecule has 0 bridgehead atoms. The first kappa shape index (κ1) is 11.5. The molecule has 0 unspecified atom stereocenters. The number of aromatic nitrogens is 3. The summed E-state index contributed by atoms with van der Waals surface area (Å²) < 4.78 is 4.98. The molecule has 88 valence electrons. The Hall–Kier alpha value is -2.02.